The lowest BCUT2D eigenvalue weighted by atomic mass is 10.1. The Balaban J connectivity index is 1.63. The molecule has 0 saturated carbocycles. The van der Waals surface area contributed by atoms with Crippen molar-refractivity contribution in [3.8, 4) is 11.3 Å². The Labute approximate surface area is 129 Å². The lowest BCUT2D eigenvalue weighted by molar-refractivity contribution is 0.0938. The second-order valence-electron chi connectivity index (χ2n) is 5.97. The van der Waals surface area contributed by atoms with E-state index in [0.29, 0.717) is 23.9 Å². The van der Waals surface area contributed by atoms with Crippen LogP contribution in [-0.4, -0.2) is 52.4 Å². The van der Waals surface area contributed by atoms with Crippen LogP contribution in [0, 0.1) is 12.8 Å². The summed E-state index contributed by atoms with van der Waals surface area (Å²) in [4.78, 5) is 14.4. The predicted molar refractivity (Wildman–Crippen MR) is 81.4 cm³/mol. The van der Waals surface area contributed by atoms with Crippen LogP contribution in [0.25, 0.3) is 11.3 Å². The van der Waals surface area contributed by atoms with Gasteiger partial charge in [0.2, 0.25) is 0 Å². The fourth-order valence-corrected chi connectivity index (χ4v) is 2.77. The van der Waals surface area contributed by atoms with Crippen LogP contribution in [0.3, 0.4) is 0 Å². The fraction of sp³-hybridized carbons (Fsp3) is 0.533. The van der Waals surface area contributed by atoms with Gasteiger partial charge in [0.25, 0.3) is 5.91 Å². The zero-order chi connectivity index (χ0) is 15.7. The number of carbonyl (C=O) groups is 1. The highest BCUT2D eigenvalue weighted by Crippen LogP contribution is 2.23. The molecule has 1 fully saturated rings. The molecule has 3 rings (SSSR count). The van der Waals surface area contributed by atoms with Crippen LogP contribution in [-0.2, 0) is 7.05 Å². The van der Waals surface area contributed by atoms with Crippen LogP contribution in [0.4, 0.5) is 0 Å². The Kier molecular flexibility index (Phi) is 3.98. The van der Waals surface area contributed by atoms with E-state index < -0.39 is 0 Å². The molecule has 1 aliphatic heterocycles. The fourth-order valence-electron chi connectivity index (χ4n) is 2.77. The molecule has 1 N–H and O–H groups in total. The minimum Gasteiger partial charge on any atom is -0.355 e. The van der Waals surface area contributed by atoms with E-state index in [4.69, 9.17) is 4.52 Å². The van der Waals surface area contributed by atoms with Gasteiger partial charge in [-0.25, -0.2) is 0 Å². The molecule has 7 nitrogen and oxygen atoms in total. The lowest BCUT2D eigenvalue weighted by Gasteiger charge is -2.10. The largest absolute Gasteiger partial charge is 0.355 e. The van der Waals surface area contributed by atoms with E-state index in [-0.39, 0.29) is 5.91 Å². The maximum Gasteiger partial charge on any atom is 0.273 e. The Hall–Kier alpha value is -2.15. The molecule has 1 unspecified atom stereocenters. The molecule has 1 amide bonds. The number of nitrogens with zero attached hydrogens (tertiary/aromatic N) is 4. The van der Waals surface area contributed by atoms with Crippen LogP contribution in [0.15, 0.2) is 16.8 Å². The van der Waals surface area contributed by atoms with Crippen LogP contribution >= 0.6 is 0 Å². The van der Waals surface area contributed by atoms with Crippen molar-refractivity contribution in [1.82, 2.24) is 25.2 Å². The molecular weight excluding hydrogens is 282 g/mol. The molecule has 0 spiro atoms. The molecule has 0 aromatic carbocycles. The van der Waals surface area contributed by atoms with E-state index in [1.165, 1.54) is 0 Å². The van der Waals surface area contributed by atoms with Gasteiger partial charge in [0.15, 0.2) is 11.5 Å². The average molecular weight is 303 g/mol. The van der Waals surface area contributed by atoms with Crippen molar-refractivity contribution in [2.45, 2.75) is 13.3 Å². The molecule has 1 aliphatic rings. The number of amides is 1. The zero-order valence-corrected chi connectivity index (χ0v) is 13.2. The number of nitrogens with one attached hydrogen (secondary N) is 1. The Morgan fingerprint density at radius 1 is 1.50 bits per heavy atom. The molecule has 0 radical (unpaired) electrons. The molecule has 2 aromatic heterocycles. The molecule has 1 saturated heterocycles. The Morgan fingerprint density at radius 3 is 2.95 bits per heavy atom. The molecule has 7 heteroatoms. The minimum absolute atomic E-state index is 0.189. The van der Waals surface area contributed by atoms with Gasteiger partial charge in [-0.1, -0.05) is 5.16 Å². The molecule has 3 heterocycles. The summed E-state index contributed by atoms with van der Waals surface area (Å²) in [6.07, 6.45) is 2.83. The summed E-state index contributed by atoms with van der Waals surface area (Å²) < 4.78 is 7.04. The third kappa shape index (κ3) is 2.89. The minimum atomic E-state index is -0.189. The van der Waals surface area contributed by atoms with Crippen LogP contribution < -0.4 is 5.32 Å². The molecule has 22 heavy (non-hydrogen) atoms. The van der Waals surface area contributed by atoms with E-state index >= 15 is 0 Å². The summed E-state index contributed by atoms with van der Waals surface area (Å²) >= 11 is 0. The van der Waals surface area contributed by atoms with Gasteiger partial charge in [0, 0.05) is 31.9 Å². The summed E-state index contributed by atoms with van der Waals surface area (Å²) in [5.74, 6) is 0.892. The highest BCUT2D eigenvalue weighted by atomic mass is 16.5. The quantitative estimate of drug-likeness (QED) is 0.914. The second-order valence-corrected chi connectivity index (χ2v) is 5.97. The van der Waals surface area contributed by atoms with Crippen molar-refractivity contribution in [3.05, 3.63) is 23.7 Å². The molecule has 1 atom stereocenters. The Morgan fingerprint density at radius 2 is 2.32 bits per heavy atom. The normalized spacial score (nSPS) is 18.8. The van der Waals surface area contributed by atoms with Crippen molar-refractivity contribution in [3.63, 3.8) is 0 Å². The number of likely N-dealkylation sites (tertiary alicyclic amines) is 1. The van der Waals surface area contributed by atoms with Gasteiger partial charge in [-0.05, 0) is 32.9 Å². The van der Waals surface area contributed by atoms with E-state index in [1.54, 1.807) is 16.9 Å². The second kappa shape index (κ2) is 5.92. The maximum absolute atomic E-state index is 12.1. The number of hydrogen-bond donors (Lipinski definition) is 1. The number of rotatable bonds is 4. The van der Waals surface area contributed by atoms with E-state index in [2.05, 4.69) is 27.5 Å². The van der Waals surface area contributed by atoms with Crippen LogP contribution in [0.2, 0.25) is 0 Å². The third-order valence-corrected chi connectivity index (χ3v) is 4.28. The first kappa shape index (κ1) is 14.8. The summed E-state index contributed by atoms with van der Waals surface area (Å²) in [6.45, 7) is 4.74. The highest BCUT2D eigenvalue weighted by Gasteiger charge is 2.21. The molecule has 0 aliphatic carbocycles. The van der Waals surface area contributed by atoms with Gasteiger partial charge in [0.1, 0.15) is 0 Å². The van der Waals surface area contributed by atoms with Crippen molar-refractivity contribution in [2.75, 3.05) is 26.7 Å². The lowest BCUT2D eigenvalue weighted by Crippen LogP contribution is -2.30. The summed E-state index contributed by atoms with van der Waals surface area (Å²) in [5.41, 5.74) is 2.13. The summed E-state index contributed by atoms with van der Waals surface area (Å²) in [6, 6.07) is 1.67. The van der Waals surface area contributed by atoms with E-state index in [1.807, 2.05) is 14.0 Å². The number of carbonyl (C=O) groups excluding carboxylic acids is 1. The van der Waals surface area contributed by atoms with Crippen LogP contribution in [0.5, 0.6) is 0 Å². The number of hydrogen-bond acceptors (Lipinski definition) is 5. The van der Waals surface area contributed by atoms with Crippen molar-refractivity contribution in [1.29, 1.82) is 0 Å². The molecule has 2 aromatic rings. The molecule has 0 bridgehead atoms. The number of aromatic nitrogens is 3. The average Bonchev–Trinajstić information content (AvgIpc) is 3.19. The topological polar surface area (TPSA) is 76.2 Å². The summed E-state index contributed by atoms with van der Waals surface area (Å²) in [7, 11) is 3.96. The molecule has 118 valence electrons. The zero-order valence-electron chi connectivity index (χ0n) is 13.2. The van der Waals surface area contributed by atoms with Gasteiger partial charge in [-0.15, -0.1) is 0 Å². The highest BCUT2D eigenvalue weighted by molar-refractivity contribution is 5.93. The van der Waals surface area contributed by atoms with Crippen molar-refractivity contribution >= 4 is 5.91 Å². The van der Waals surface area contributed by atoms with Crippen molar-refractivity contribution in [2.24, 2.45) is 13.0 Å². The standard InChI is InChI=1S/C15H21N5O2/c1-10-12(8-17-20(10)3)14-6-13(18-22-14)15(21)16-7-11-4-5-19(2)9-11/h6,8,11H,4-5,7,9H2,1-3H3,(H,16,21). The van der Waals surface area contributed by atoms with E-state index in [9.17, 15) is 4.79 Å². The predicted octanol–water partition coefficient (Wildman–Crippen LogP) is 1.07. The summed E-state index contributed by atoms with van der Waals surface area (Å²) in [5, 5.41) is 11.0. The third-order valence-electron chi connectivity index (χ3n) is 4.28. The monoisotopic (exact) mass is 303 g/mol. The van der Waals surface area contributed by atoms with Gasteiger partial charge >= 0.3 is 0 Å². The number of aryl methyl sites for hydroxylation is 1. The Bertz CT molecular complexity index is 675. The van der Waals surface area contributed by atoms with Gasteiger partial charge in [0.05, 0.1) is 11.8 Å². The van der Waals surface area contributed by atoms with Crippen LogP contribution in [0.1, 0.15) is 22.6 Å². The first-order chi connectivity index (χ1) is 10.5. The molecular formula is C15H21N5O2. The van der Waals surface area contributed by atoms with Gasteiger partial charge < -0.3 is 14.7 Å². The SMILES string of the molecule is Cc1c(-c2cc(C(=O)NCC3CCN(C)C3)no2)cnn1C. The van der Waals surface area contributed by atoms with Crippen molar-refractivity contribution < 1.29 is 9.32 Å². The smallest absolute Gasteiger partial charge is 0.273 e. The first-order valence-electron chi connectivity index (χ1n) is 7.47. The van der Waals surface area contributed by atoms with Gasteiger partial charge in [-0.3, -0.25) is 9.48 Å². The first-order valence-corrected chi connectivity index (χ1v) is 7.47. The maximum atomic E-state index is 12.1. The van der Waals surface area contributed by atoms with E-state index in [0.717, 1.165) is 30.8 Å². The van der Waals surface area contributed by atoms with Gasteiger partial charge in [-0.2, -0.15) is 5.10 Å².